The lowest BCUT2D eigenvalue weighted by molar-refractivity contribution is -0.0487. The highest BCUT2D eigenvalue weighted by molar-refractivity contribution is 7.50. The number of aliphatic hydroxyl groups is 2. The number of anilines is 1. The van der Waals surface area contributed by atoms with E-state index in [0.29, 0.717) is 0 Å². The minimum Gasteiger partial charge on any atom is -0.387 e. The number of hydrogen-bond acceptors (Lipinski definition) is 10. The van der Waals surface area contributed by atoms with Crippen LogP contribution in [0.4, 0.5) is 5.95 Å². The molecule has 3 rings (SSSR count). The number of hydrogen-bond donors (Lipinski definition) is 6. The number of fused-ring (bicyclic) bond motifs is 1. The first-order valence-electron chi connectivity index (χ1n) is 8.21. The molecule has 17 heteroatoms. The largest absolute Gasteiger partial charge is 0.403 e. The lowest BCUT2D eigenvalue weighted by atomic mass is 10.1. The van der Waals surface area contributed by atoms with Gasteiger partial charge >= 0.3 is 7.75 Å². The summed E-state index contributed by atoms with van der Waals surface area (Å²) in [6.45, 7) is -0.726. The number of aliphatic hydroxyl groups excluding tert-OH is 2. The summed E-state index contributed by atoms with van der Waals surface area (Å²) in [7, 11) is -4.26. The fourth-order valence-corrected chi connectivity index (χ4v) is 3.55. The molecule has 7 N–H and O–H groups in total. The van der Waals surface area contributed by atoms with Crippen molar-refractivity contribution in [2.75, 3.05) is 25.4 Å². The molecule has 0 amide bonds. The molecule has 2 aromatic rings. The van der Waals surface area contributed by atoms with Crippen molar-refractivity contribution in [1.29, 1.82) is 0 Å². The van der Waals surface area contributed by atoms with Gasteiger partial charge in [-0.05, 0) is 5.53 Å². The highest BCUT2D eigenvalue weighted by Crippen LogP contribution is 2.39. The summed E-state index contributed by atoms with van der Waals surface area (Å²) in [6.07, 6.45) is -4.14. The first kappa shape index (κ1) is 21.2. The SMILES string of the molecule is [N-]=[N+]=NCCNP(=O)(O)OC[C@H]1O[C@@H](n2cnc3c(=O)[nH]c(N)nc32)[C@@H](O)C1O. The van der Waals surface area contributed by atoms with Crippen LogP contribution in [0, 0.1) is 0 Å². The second-order valence-corrected chi connectivity index (χ2v) is 7.62. The average molecular weight is 431 g/mol. The molecule has 16 nitrogen and oxygen atoms in total. The molecule has 158 valence electrons. The third-order valence-corrected chi connectivity index (χ3v) is 5.18. The van der Waals surface area contributed by atoms with Crippen LogP contribution in [-0.4, -0.2) is 72.6 Å². The molecule has 1 aliphatic rings. The molecule has 0 bridgehead atoms. The molecule has 1 saturated heterocycles. The van der Waals surface area contributed by atoms with Crippen molar-refractivity contribution >= 4 is 24.9 Å². The van der Waals surface area contributed by atoms with E-state index < -0.39 is 44.5 Å². The Hall–Kier alpha value is -2.55. The van der Waals surface area contributed by atoms with E-state index in [2.05, 4.69) is 30.1 Å². The number of nitrogens with two attached hydrogens (primary N) is 1. The number of aromatic amines is 1. The van der Waals surface area contributed by atoms with Gasteiger partial charge in [0.1, 0.15) is 18.3 Å². The van der Waals surface area contributed by atoms with Crippen molar-refractivity contribution in [3.05, 3.63) is 27.1 Å². The minimum absolute atomic E-state index is 0.0246. The molecule has 2 aromatic heterocycles. The molecule has 0 aliphatic carbocycles. The zero-order valence-corrected chi connectivity index (χ0v) is 15.6. The molecule has 0 spiro atoms. The van der Waals surface area contributed by atoms with Gasteiger partial charge in [0.2, 0.25) is 5.95 Å². The van der Waals surface area contributed by atoms with E-state index in [9.17, 15) is 24.5 Å². The lowest BCUT2D eigenvalue weighted by Crippen LogP contribution is -2.34. The van der Waals surface area contributed by atoms with E-state index in [1.54, 1.807) is 0 Å². The number of nitrogens with one attached hydrogen (secondary N) is 2. The van der Waals surface area contributed by atoms with Crippen molar-refractivity contribution in [2.45, 2.75) is 24.5 Å². The van der Waals surface area contributed by atoms with E-state index in [1.165, 1.54) is 10.9 Å². The predicted octanol–water partition coefficient (Wildman–Crippen LogP) is -1.66. The van der Waals surface area contributed by atoms with Crippen LogP contribution in [0.25, 0.3) is 21.6 Å². The quantitative estimate of drug-likeness (QED) is 0.0907. The Morgan fingerprint density at radius 1 is 1.52 bits per heavy atom. The first-order chi connectivity index (χ1) is 13.7. The van der Waals surface area contributed by atoms with Crippen LogP contribution >= 0.6 is 7.75 Å². The van der Waals surface area contributed by atoms with Gasteiger partial charge in [0, 0.05) is 18.0 Å². The maximum absolute atomic E-state index is 11.9. The van der Waals surface area contributed by atoms with Crippen LogP contribution in [0.2, 0.25) is 0 Å². The topological polar surface area (TPSA) is 247 Å². The second kappa shape index (κ2) is 8.44. The standard InChI is InChI=1S/C12H18N9O7P/c13-12-18-9-6(10(24)19-12)15-4-21(9)11-8(23)7(22)5(28-11)3-27-29(25,26)17-2-1-16-20-14/h4-5,7-8,11,22-23H,1-3H2,(H2,17,25,26)(H3,13,18,19,24)/t5-,7?,8+,11-/m1/s1. The van der Waals surface area contributed by atoms with Crippen molar-refractivity contribution < 1.29 is 28.9 Å². The summed E-state index contributed by atoms with van der Waals surface area (Å²) in [6, 6.07) is 0. The number of azide groups is 1. The Morgan fingerprint density at radius 3 is 3.00 bits per heavy atom. The highest BCUT2D eigenvalue weighted by Gasteiger charge is 2.45. The normalized spacial score (nSPS) is 26.3. The van der Waals surface area contributed by atoms with Crippen molar-refractivity contribution in [3.8, 4) is 0 Å². The van der Waals surface area contributed by atoms with E-state index in [4.69, 9.17) is 20.5 Å². The Kier molecular flexibility index (Phi) is 6.16. The zero-order chi connectivity index (χ0) is 21.2. The Labute approximate surface area is 161 Å². The highest BCUT2D eigenvalue weighted by atomic mass is 31.2. The molecule has 0 aromatic carbocycles. The van der Waals surface area contributed by atoms with E-state index in [0.717, 1.165) is 0 Å². The molecule has 0 radical (unpaired) electrons. The minimum atomic E-state index is -4.26. The number of H-pyrrole nitrogens is 1. The van der Waals surface area contributed by atoms with E-state index in [1.807, 2.05) is 0 Å². The monoisotopic (exact) mass is 431 g/mol. The lowest BCUT2D eigenvalue weighted by Gasteiger charge is -2.18. The third-order valence-electron chi connectivity index (χ3n) is 4.06. The average Bonchev–Trinajstić information content (AvgIpc) is 3.19. The van der Waals surface area contributed by atoms with E-state index >= 15 is 0 Å². The molecule has 29 heavy (non-hydrogen) atoms. The van der Waals surface area contributed by atoms with Gasteiger partial charge in [-0.1, -0.05) is 5.11 Å². The molecule has 1 fully saturated rings. The third kappa shape index (κ3) is 4.55. The van der Waals surface area contributed by atoms with Crippen LogP contribution in [0.15, 0.2) is 16.2 Å². The zero-order valence-electron chi connectivity index (χ0n) is 14.7. The molecule has 3 heterocycles. The Bertz CT molecular complexity index is 1030. The first-order valence-corrected chi connectivity index (χ1v) is 9.78. The van der Waals surface area contributed by atoms with Gasteiger partial charge in [0.05, 0.1) is 12.9 Å². The molecule has 1 aliphatic heterocycles. The van der Waals surface area contributed by atoms with Gasteiger partial charge in [0.15, 0.2) is 17.4 Å². The molecular weight excluding hydrogens is 413 g/mol. The second-order valence-electron chi connectivity index (χ2n) is 6.00. The number of aromatic nitrogens is 4. The summed E-state index contributed by atoms with van der Waals surface area (Å²) >= 11 is 0. The van der Waals surface area contributed by atoms with Gasteiger partial charge in [0.25, 0.3) is 5.56 Å². The van der Waals surface area contributed by atoms with Crippen LogP contribution in [0.5, 0.6) is 0 Å². The van der Waals surface area contributed by atoms with Crippen molar-refractivity contribution in [1.82, 2.24) is 24.6 Å². The van der Waals surface area contributed by atoms with Crippen LogP contribution in [-0.2, 0) is 13.8 Å². The fraction of sp³-hybridized carbons (Fsp3) is 0.583. The number of ether oxygens (including phenoxy) is 1. The summed E-state index contributed by atoms with van der Waals surface area (Å²) < 4.78 is 23.5. The molecule has 0 saturated carbocycles. The summed E-state index contributed by atoms with van der Waals surface area (Å²) in [4.78, 5) is 34.2. The van der Waals surface area contributed by atoms with Crippen molar-refractivity contribution in [2.24, 2.45) is 5.11 Å². The number of nitrogen functional groups attached to an aromatic ring is 1. The Balaban J connectivity index is 1.70. The number of imidazole rings is 1. The number of nitrogens with zero attached hydrogens (tertiary/aromatic N) is 6. The maximum Gasteiger partial charge on any atom is 0.403 e. The van der Waals surface area contributed by atoms with Gasteiger partial charge in [-0.3, -0.25) is 18.9 Å². The molecule has 5 atom stereocenters. The predicted molar refractivity (Wildman–Crippen MR) is 96.3 cm³/mol. The van der Waals surface area contributed by atoms with Gasteiger partial charge in [-0.25, -0.2) is 14.6 Å². The van der Waals surface area contributed by atoms with Crippen LogP contribution in [0.3, 0.4) is 0 Å². The maximum atomic E-state index is 11.9. The fourth-order valence-electron chi connectivity index (χ4n) is 2.73. The number of rotatable bonds is 8. The summed E-state index contributed by atoms with van der Waals surface area (Å²) in [5, 5.41) is 25.9. The molecule has 2 unspecified atom stereocenters. The van der Waals surface area contributed by atoms with Gasteiger partial charge in [-0.15, -0.1) is 0 Å². The van der Waals surface area contributed by atoms with E-state index in [-0.39, 0.29) is 30.2 Å². The van der Waals surface area contributed by atoms with Crippen LogP contribution < -0.4 is 16.4 Å². The van der Waals surface area contributed by atoms with Crippen molar-refractivity contribution in [3.63, 3.8) is 0 Å². The van der Waals surface area contributed by atoms with Gasteiger partial charge in [-0.2, -0.15) is 4.98 Å². The smallest absolute Gasteiger partial charge is 0.387 e. The van der Waals surface area contributed by atoms with Crippen LogP contribution in [0.1, 0.15) is 6.23 Å². The summed E-state index contributed by atoms with van der Waals surface area (Å²) in [5.41, 5.74) is 13.1. The molecular formula is C12H18N9O7P. The van der Waals surface area contributed by atoms with Gasteiger partial charge < -0.3 is 25.6 Å². The Morgan fingerprint density at radius 2 is 2.28 bits per heavy atom. The summed E-state index contributed by atoms with van der Waals surface area (Å²) in [5.74, 6) is -0.176.